The molecule has 0 atom stereocenters. The predicted molar refractivity (Wildman–Crippen MR) is 71.1 cm³/mol. The molecular weight excluding hydrogens is 303 g/mol. The Morgan fingerprint density at radius 2 is 2.07 bits per heavy atom. The van der Waals surface area contributed by atoms with Gasteiger partial charge in [0.25, 0.3) is 0 Å². The van der Waals surface area contributed by atoms with Gasteiger partial charge in [-0.2, -0.15) is 0 Å². The van der Waals surface area contributed by atoms with Crippen LogP contribution in [0.15, 0.2) is 30.5 Å². The second kappa shape index (κ2) is 3.20. The van der Waals surface area contributed by atoms with Crippen molar-refractivity contribution >= 4 is 44.4 Å². The lowest BCUT2D eigenvalue weighted by Gasteiger charge is -1.93. The van der Waals surface area contributed by atoms with Gasteiger partial charge in [0.15, 0.2) is 0 Å². The molecule has 0 aliphatic heterocycles. The Labute approximate surface area is 101 Å². The first-order valence-electron chi connectivity index (χ1n) is 4.78. The van der Waals surface area contributed by atoms with Gasteiger partial charge in [-0.1, -0.05) is 0 Å². The maximum atomic E-state index is 4.29. The minimum absolute atomic E-state index is 1.05. The quantitative estimate of drug-likeness (QED) is 0.631. The molecule has 2 heterocycles. The highest BCUT2D eigenvalue weighted by atomic mass is 131. The van der Waals surface area contributed by atoms with Crippen LogP contribution >= 0.6 is 22.6 Å². The van der Waals surface area contributed by atoms with Crippen molar-refractivity contribution in [1.29, 1.82) is 0 Å². The summed E-state index contributed by atoms with van der Waals surface area (Å²) in [7, 11) is 0. The maximum absolute atomic E-state index is 4.29. The lowest BCUT2D eigenvalue weighted by molar-refractivity contribution is 1.22. The number of aryl methyl sites for hydroxylation is 1. The molecule has 2 nitrogen and oxygen atoms in total. The summed E-state index contributed by atoms with van der Waals surface area (Å²) in [5.41, 5.74) is 3.38. The molecule has 74 valence electrons. The standard InChI is InChI=1S/C12H9IN2/c1-7-12-9(4-5-14-7)10-6-8(13)2-3-11(10)15-12/h2-6,15H,1H3/i13+4. The van der Waals surface area contributed by atoms with Crippen molar-refractivity contribution in [1.82, 2.24) is 9.97 Å². The minimum Gasteiger partial charge on any atom is -0.353 e. The zero-order chi connectivity index (χ0) is 10.4. The highest BCUT2D eigenvalue weighted by Crippen LogP contribution is 2.27. The number of hydrogen-bond acceptors (Lipinski definition) is 1. The molecule has 0 saturated carbocycles. The van der Waals surface area contributed by atoms with Gasteiger partial charge < -0.3 is 4.98 Å². The topological polar surface area (TPSA) is 28.7 Å². The minimum atomic E-state index is 1.05. The van der Waals surface area contributed by atoms with Gasteiger partial charge in [0.05, 0.1) is 11.2 Å². The molecule has 0 unspecified atom stereocenters. The van der Waals surface area contributed by atoms with E-state index in [1.807, 2.05) is 13.1 Å². The molecule has 1 aromatic carbocycles. The number of hydrogen-bond donors (Lipinski definition) is 1. The fourth-order valence-electron chi connectivity index (χ4n) is 1.93. The van der Waals surface area contributed by atoms with E-state index in [1.165, 1.54) is 19.9 Å². The lowest BCUT2D eigenvalue weighted by atomic mass is 10.2. The fraction of sp³-hybridized carbons (Fsp3) is 0.0833. The number of aromatic amines is 1. The molecular formula is C12H9IN2. The van der Waals surface area contributed by atoms with Crippen LogP contribution in [0.5, 0.6) is 0 Å². The Kier molecular flexibility index (Phi) is 1.95. The van der Waals surface area contributed by atoms with E-state index in [1.54, 1.807) is 0 Å². The Hall–Kier alpha value is -1.10. The highest BCUT2D eigenvalue weighted by Gasteiger charge is 2.06. The third kappa shape index (κ3) is 1.33. The summed E-state index contributed by atoms with van der Waals surface area (Å²) in [6.45, 7) is 2.03. The lowest BCUT2D eigenvalue weighted by Crippen LogP contribution is -1.80. The van der Waals surface area contributed by atoms with Gasteiger partial charge in [0, 0.05) is 26.1 Å². The van der Waals surface area contributed by atoms with Crippen molar-refractivity contribution < 1.29 is 0 Å². The van der Waals surface area contributed by atoms with Crippen LogP contribution in [0.2, 0.25) is 0 Å². The summed E-state index contributed by atoms with van der Waals surface area (Å²) in [6.07, 6.45) is 1.87. The Bertz CT molecular complexity index is 655. The van der Waals surface area contributed by atoms with Crippen molar-refractivity contribution in [3.05, 3.63) is 39.7 Å². The van der Waals surface area contributed by atoms with Crippen molar-refractivity contribution in [2.45, 2.75) is 6.92 Å². The van der Waals surface area contributed by atoms with Gasteiger partial charge in [-0.15, -0.1) is 0 Å². The molecule has 0 saturated heterocycles. The zero-order valence-electron chi connectivity index (χ0n) is 8.21. The first-order chi connectivity index (χ1) is 7.25. The van der Waals surface area contributed by atoms with E-state index in [9.17, 15) is 0 Å². The maximum Gasteiger partial charge on any atom is 0.0681 e. The number of nitrogens with zero attached hydrogens (tertiary/aromatic N) is 1. The van der Waals surface area contributed by atoms with Crippen molar-refractivity contribution in [2.24, 2.45) is 0 Å². The van der Waals surface area contributed by atoms with Crippen LogP contribution < -0.4 is 0 Å². The summed E-state index contributed by atoms with van der Waals surface area (Å²) < 4.78 is 1.26. The average molecular weight is 312 g/mol. The molecule has 3 heteroatoms. The van der Waals surface area contributed by atoms with Crippen LogP contribution in [0.3, 0.4) is 0 Å². The highest BCUT2D eigenvalue weighted by molar-refractivity contribution is 14.1. The second-order valence-electron chi connectivity index (χ2n) is 3.63. The number of nitrogens with one attached hydrogen (secondary N) is 1. The first kappa shape index (κ1) is 9.15. The molecule has 0 spiro atoms. The number of pyridine rings is 1. The number of aromatic nitrogens is 2. The largest absolute Gasteiger partial charge is 0.353 e. The van der Waals surface area contributed by atoms with Crippen LogP contribution in [0.1, 0.15) is 5.69 Å². The van der Waals surface area contributed by atoms with Crippen LogP contribution in [0.25, 0.3) is 21.8 Å². The van der Waals surface area contributed by atoms with Crippen LogP contribution in [0.4, 0.5) is 0 Å². The first-order valence-corrected chi connectivity index (χ1v) is 5.86. The molecule has 3 rings (SSSR count). The van der Waals surface area contributed by atoms with E-state index < -0.39 is 0 Å². The van der Waals surface area contributed by atoms with Crippen molar-refractivity contribution in [3.8, 4) is 0 Å². The van der Waals surface area contributed by atoms with Crippen LogP contribution in [-0.4, -0.2) is 9.97 Å². The van der Waals surface area contributed by atoms with Gasteiger partial charge in [0.2, 0.25) is 0 Å². The van der Waals surface area contributed by atoms with Crippen LogP contribution in [-0.2, 0) is 0 Å². The SMILES string of the molecule is Cc1nccc2c1[nH]c1ccc([131I])cc12. The van der Waals surface area contributed by atoms with Crippen molar-refractivity contribution in [2.75, 3.05) is 0 Å². The van der Waals surface area contributed by atoms with Crippen LogP contribution in [0, 0.1) is 10.5 Å². The number of benzene rings is 1. The molecule has 0 aliphatic rings. The molecule has 15 heavy (non-hydrogen) atoms. The molecule has 0 amide bonds. The zero-order valence-corrected chi connectivity index (χ0v) is 10.4. The summed E-state index contributed by atoms with van der Waals surface area (Å²) in [5.74, 6) is 0. The van der Waals surface area contributed by atoms with E-state index in [0.29, 0.717) is 0 Å². The van der Waals surface area contributed by atoms with E-state index in [-0.39, 0.29) is 0 Å². The molecule has 0 fully saturated rings. The number of H-pyrrole nitrogens is 1. The second-order valence-corrected chi connectivity index (χ2v) is 4.88. The molecule has 1 N–H and O–H groups in total. The number of halogens is 1. The third-order valence-electron chi connectivity index (χ3n) is 2.67. The number of rotatable bonds is 0. The van der Waals surface area contributed by atoms with E-state index in [2.05, 4.69) is 56.8 Å². The van der Waals surface area contributed by atoms with E-state index in [0.717, 1.165) is 11.2 Å². The molecule has 2 aromatic heterocycles. The van der Waals surface area contributed by atoms with Gasteiger partial charge in [-0.3, -0.25) is 4.98 Å². The Morgan fingerprint density at radius 1 is 1.20 bits per heavy atom. The van der Waals surface area contributed by atoms with Crippen molar-refractivity contribution in [3.63, 3.8) is 0 Å². The normalized spacial score (nSPS) is 11.3. The third-order valence-corrected chi connectivity index (χ3v) is 3.34. The Balaban J connectivity index is 2.58. The molecule has 0 radical (unpaired) electrons. The summed E-state index contributed by atoms with van der Waals surface area (Å²) >= 11 is 2.34. The van der Waals surface area contributed by atoms with Gasteiger partial charge in [-0.05, 0) is 53.8 Å². The predicted octanol–water partition coefficient (Wildman–Crippen LogP) is 3.63. The smallest absolute Gasteiger partial charge is 0.0681 e. The monoisotopic (exact) mass is 312 g/mol. The van der Waals surface area contributed by atoms with Gasteiger partial charge >= 0.3 is 0 Å². The summed E-state index contributed by atoms with van der Waals surface area (Å²) in [4.78, 5) is 7.70. The van der Waals surface area contributed by atoms with Gasteiger partial charge in [0.1, 0.15) is 0 Å². The fourth-order valence-corrected chi connectivity index (χ4v) is 2.42. The van der Waals surface area contributed by atoms with Gasteiger partial charge in [-0.25, -0.2) is 0 Å². The Morgan fingerprint density at radius 3 is 2.93 bits per heavy atom. The van der Waals surface area contributed by atoms with E-state index >= 15 is 0 Å². The summed E-state index contributed by atoms with van der Waals surface area (Å²) in [5, 5.41) is 2.54. The number of fused-ring (bicyclic) bond motifs is 3. The van der Waals surface area contributed by atoms with E-state index in [4.69, 9.17) is 0 Å². The molecule has 0 aliphatic carbocycles. The average Bonchev–Trinajstić information content (AvgIpc) is 2.58. The molecule has 3 aromatic rings. The molecule has 0 bridgehead atoms. The summed E-state index contributed by atoms with van der Waals surface area (Å²) in [6, 6.07) is 8.50.